The number of aromatic nitrogens is 2. The molecule has 1 saturated heterocycles. The Kier molecular flexibility index (Phi) is 5.52. The predicted octanol–water partition coefficient (Wildman–Crippen LogP) is -2.71. The van der Waals surface area contributed by atoms with Crippen LogP contribution in [0.2, 0.25) is 0 Å². The number of aryl methyl sites for hydroxylation is 1. The van der Waals surface area contributed by atoms with Crippen molar-refractivity contribution in [2.24, 2.45) is 7.05 Å². The highest BCUT2D eigenvalue weighted by molar-refractivity contribution is 5.83. The van der Waals surface area contributed by atoms with Crippen molar-refractivity contribution >= 4 is 27.8 Å². The highest BCUT2D eigenvalue weighted by Crippen LogP contribution is 2.21. The van der Waals surface area contributed by atoms with E-state index in [9.17, 15) is 0 Å². The monoisotopic (exact) mass is 379 g/mol. The van der Waals surface area contributed by atoms with Gasteiger partial charge in [0.15, 0.2) is 0 Å². The van der Waals surface area contributed by atoms with Gasteiger partial charge in [0.1, 0.15) is 18.1 Å². The van der Waals surface area contributed by atoms with Gasteiger partial charge in [0.25, 0.3) is 0 Å². The maximum absolute atomic E-state index is 8.49. The van der Waals surface area contributed by atoms with Crippen molar-refractivity contribution in [2.75, 3.05) is 31.2 Å². The van der Waals surface area contributed by atoms with Crippen molar-refractivity contribution in [3.63, 3.8) is 0 Å². The molecule has 26 heavy (non-hydrogen) atoms. The number of halogens is 1. The molecule has 4 rings (SSSR count). The summed E-state index contributed by atoms with van der Waals surface area (Å²) in [4.78, 5) is 7.13. The van der Waals surface area contributed by atoms with Crippen molar-refractivity contribution in [3.8, 4) is 0 Å². The van der Waals surface area contributed by atoms with Gasteiger partial charge in [-0.1, -0.05) is 12.1 Å². The Morgan fingerprint density at radius 3 is 2.27 bits per heavy atom. The standard InChI is InChI=1S/C17H18N3O.ClHO4/c1-19-16-5-3-2-4-14(16)18-15-7-6-13(12-17(15)19)20-8-10-21-11-9-20;2-1(3,4)5/h2-7,12H,8-11H2,1H3;(H,2,3,4,5)/q+1;/p-1. The second kappa shape index (κ2) is 7.67. The van der Waals surface area contributed by atoms with Crippen LogP contribution in [0.25, 0.3) is 22.1 Å². The average molecular weight is 380 g/mol. The molecule has 0 N–H and O–H groups in total. The minimum Gasteiger partial charge on any atom is -0.378 e. The van der Waals surface area contributed by atoms with Crippen LogP contribution in [0.15, 0.2) is 42.5 Å². The van der Waals surface area contributed by atoms with Crippen LogP contribution in [0.3, 0.4) is 0 Å². The van der Waals surface area contributed by atoms with Crippen LogP contribution >= 0.6 is 0 Å². The summed E-state index contributed by atoms with van der Waals surface area (Å²) < 4.78 is 41.6. The summed E-state index contributed by atoms with van der Waals surface area (Å²) in [5, 5.41) is 0. The second-order valence-corrected chi connectivity index (χ2v) is 6.57. The van der Waals surface area contributed by atoms with Gasteiger partial charge < -0.3 is 9.64 Å². The van der Waals surface area contributed by atoms with E-state index in [4.69, 9.17) is 28.4 Å². The highest BCUT2D eigenvalue weighted by Gasteiger charge is 2.16. The number of rotatable bonds is 1. The first-order valence-electron chi connectivity index (χ1n) is 7.96. The largest absolute Gasteiger partial charge is 0.378 e. The molecule has 1 aromatic heterocycles. The molecule has 138 valence electrons. The summed E-state index contributed by atoms with van der Waals surface area (Å²) in [7, 11) is -2.84. The van der Waals surface area contributed by atoms with Gasteiger partial charge in [-0.3, -0.25) is 0 Å². The van der Waals surface area contributed by atoms with E-state index >= 15 is 0 Å². The minimum absolute atomic E-state index is 0.806. The van der Waals surface area contributed by atoms with Gasteiger partial charge in [-0.05, 0) is 18.2 Å². The smallest absolute Gasteiger partial charge is 0.233 e. The van der Waals surface area contributed by atoms with Crippen LogP contribution < -0.4 is 28.1 Å². The summed E-state index contributed by atoms with van der Waals surface area (Å²) in [6, 6.07) is 14.8. The molecule has 0 radical (unpaired) electrons. The lowest BCUT2D eigenvalue weighted by atomic mass is 10.2. The zero-order valence-electron chi connectivity index (χ0n) is 14.1. The van der Waals surface area contributed by atoms with Crippen molar-refractivity contribution in [2.45, 2.75) is 0 Å². The van der Waals surface area contributed by atoms with Crippen LogP contribution in [0.5, 0.6) is 0 Å². The maximum Gasteiger partial charge on any atom is 0.233 e. The summed E-state index contributed by atoms with van der Waals surface area (Å²) >= 11 is 0. The zero-order valence-corrected chi connectivity index (χ0v) is 14.9. The van der Waals surface area contributed by atoms with Crippen LogP contribution in [0.4, 0.5) is 5.69 Å². The zero-order chi connectivity index (χ0) is 18.7. The fraction of sp³-hybridized carbons (Fsp3) is 0.294. The normalized spacial score (nSPS) is 15.0. The van der Waals surface area contributed by atoms with E-state index < -0.39 is 10.2 Å². The molecular weight excluding hydrogens is 362 g/mol. The third-order valence-corrected chi connectivity index (χ3v) is 4.18. The van der Waals surface area contributed by atoms with Gasteiger partial charge in [-0.15, -0.1) is 10.2 Å². The van der Waals surface area contributed by atoms with Gasteiger partial charge >= 0.3 is 0 Å². The van der Waals surface area contributed by atoms with E-state index in [2.05, 4.69) is 52.9 Å². The molecule has 0 aliphatic carbocycles. The Hall–Kier alpha value is -2.07. The number of benzene rings is 2. The molecule has 8 nitrogen and oxygen atoms in total. The molecule has 0 unspecified atom stereocenters. The molecule has 0 bridgehead atoms. The number of nitrogens with zero attached hydrogens (tertiary/aromatic N) is 3. The van der Waals surface area contributed by atoms with Gasteiger partial charge in [-0.2, -0.15) is 4.57 Å². The number of ether oxygens (including phenoxy) is 1. The summed E-state index contributed by atoms with van der Waals surface area (Å²) in [5.41, 5.74) is 5.64. The van der Waals surface area contributed by atoms with Gasteiger partial charge in [0.2, 0.25) is 11.0 Å². The molecule has 0 atom stereocenters. The van der Waals surface area contributed by atoms with E-state index in [1.54, 1.807) is 0 Å². The molecule has 3 aromatic rings. The Balaban J connectivity index is 0.000000349. The molecule has 1 aliphatic rings. The molecule has 0 amide bonds. The topological polar surface area (TPSA) is 121 Å². The molecule has 9 heteroatoms. The van der Waals surface area contributed by atoms with Crippen molar-refractivity contribution in [3.05, 3.63) is 42.5 Å². The molecule has 1 fully saturated rings. The Labute approximate surface area is 152 Å². The fourth-order valence-electron chi connectivity index (χ4n) is 3.00. The van der Waals surface area contributed by atoms with Crippen LogP contribution in [-0.2, 0) is 11.8 Å². The van der Waals surface area contributed by atoms with E-state index in [1.807, 2.05) is 6.07 Å². The fourth-order valence-corrected chi connectivity index (χ4v) is 3.00. The molecule has 0 spiro atoms. The highest BCUT2D eigenvalue weighted by atomic mass is 35.7. The average Bonchev–Trinajstić information content (AvgIpc) is 2.61. The maximum atomic E-state index is 8.49. The van der Waals surface area contributed by atoms with Gasteiger partial charge in [-0.25, -0.2) is 23.6 Å². The van der Waals surface area contributed by atoms with Crippen molar-refractivity contribution in [1.82, 2.24) is 4.98 Å². The number of fused-ring (bicyclic) bond motifs is 2. The molecule has 2 heterocycles. The summed E-state index contributed by atoms with van der Waals surface area (Å²) in [6.07, 6.45) is 0. The van der Waals surface area contributed by atoms with Crippen LogP contribution in [0.1, 0.15) is 0 Å². The summed E-state index contributed by atoms with van der Waals surface area (Å²) in [5.74, 6) is 0. The lowest BCUT2D eigenvalue weighted by Crippen LogP contribution is -2.68. The third-order valence-electron chi connectivity index (χ3n) is 4.18. The Morgan fingerprint density at radius 2 is 1.58 bits per heavy atom. The lowest BCUT2D eigenvalue weighted by Gasteiger charge is -2.28. The van der Waals surface area contributed by atoms with Crippen LogP contribution in [0, 0.1) is 10.2 Å². The van der Waals surface area contributed by atoms with Crippen molar-refractivity contribution < 1.29 is 38.2 Å². The first-order valence-corrected chi connectivity index (χ1v) is 9.19. The molecular formula is C17H18ClN3O5. The summed E-state index contributed by atoms with van der Waals surface area (Å²) in [6.45, 7) is 3.52. The second-order valence-electron chi connectivity index (χ2n) is 5.81. The quantitative estimate of drug-likeness (QED) is 0.333. The first kappa shape index (κ1) is 18.7. The first-order chi connectivity index (χ1) is 12.3. The van der Waals surface area contributed by atoms with Gasteiger partial charge in [0, 0.05) is 30.9 Å². The molecule has 2 aromatic carbocycles. The number of hydrogen-bond donors (Lipinski definition) is 0. The SMILES string of the molecule is C[n+]1c2ccccc2nc2ccc(N3CCOCC3)cc21.[O-][Cl+3]([O-])([O-])[O-]. The minimum atomic E-state index is -4.94. The van der Waals surface area contributed by atoms with E-state index in [0.29, 0.717) is 0 Å². The third kappa shape index (κ3) is 4.55. The number of hydrogen-bond acceptors (Lipinski definition) is 7. The van der Waals surface area contributed by atoms with Crippen molar-refractivity contribution in [1.29, 1.82) is 0 Å². The van der Waals surface area contributed by atoms with Crippen LogP contribution in [-0.4, -0.2) is 31.3 Å². The molecule has 0 saturated carbocycles. The van der Waals surface area contributed by atoms with E-state index in [1.165, 1.54) is 5.69 Å². The number of morpholine rings is 1. The lowest BCUT2D eigenvalue weighted by molar-refractivity contribution is -2.00. The Bertz CT molecular complexity index is 904. The number of anilines is 1. The predicted molar refractivity (Wildman–Crippen MR) is 83.5 cm³/mol. The van der Waals surface area contributed by atoms with E-state index in [-0.39, 0.29) is 0 Å². The number of para-hydroxylation sites is 2. The van der Waals surface area contributed by atoms with E-state index in [0.717, 1.165) is 48.4 Å². The van der Waals surface area contributed by atoms with Gasteiger partial charge in [0.05, 0.1) is 13.2 Å². The Morgan fingerprint density at radius 1 is 0.962 bits per heavy atom. The molecule has 1 aliphatic heterocycles.